The Hall–Kier alpha value is -2.09. The molecule has 1 aliphatic carbocycles. The number of nitrogens with one attached hydrogen (secondary N) is 1. The summed E-state index contributed by atoms with van der Waals surface area (Å²) < 4.78 is 1.64. The lowest BCUT2D eigenvalue weighted by Crippen LogP contribution is -2.26. The highest BCUT2D eigenvalue weighted by Crippen LogP contribution is 2.34. The average Bonchev–Trinajstić information content (AvgIpc) is 2.95. The number of carbonyl (C=O) groups is 1. The van der Waals surface area contributed by atoms with Crippen molar-refractivity contribution in [2.45, 2.75) is 50.4 Å². The van der Waals surface area contributed by atoms with Crippen molar-refractivity contribution < 1.29 is 4.79 Å². The number of thioether (sulfide) groups is 1. The summed E-state index contributed by atoms with van der Waals surface area (Å²) in [5.41, 5.74) is 2.14. The van der Waals surface area contributed by atoms with Crippen LogP contribution in [0.3, 0.4) is 0 Å². The predicted octanol–water partition coefficient (Wildman–Crippen LogP) is 4.97. The number of fused-ring (bicyclic) bond motifs is 3. The molecule has 1 aromatic carbocycles. The number of allylic oxidation sites excluding steroid dienone is 1. The Labute approximate surface area is 194 Å². The Kier molecular flexibility index (Phi) is 7.15. The van der Waals surface area contributed by atoms with Crippen LogP contribution in [0.5, 0.6) is 0 Å². The largest absolute Gasteiger partial charge is 0.351 e. The van der Waals surface area contributed by atoms with E-state index in [0.717, 1.165) is 41.5 Å². The molecule has 0 fully saturated rings. The summed E-state index contributed by atoms with van der Waals surface area (Å²) in [6, 6.07) is 7.36. The van der Waals surface area contributed by atoms with E-state index in [2.05, 4.69) is 11.9 Å². The summed E-state index contributed by atoms with van der Waals surface area (Å²) in [6.07, 6.45) is 7.15. The first-order chi connectivity index (χ1) is 15.1. The van der Waals surface area contributed by atoms with Gasteiger partial charge in [-0.25, -0.2) is 4.98 Å². The van der Waals surface area contributed by atoms with Crippen molar-refractivity contribution in [2.24, 2.45) is 0 Å². The lowest BCUT2D eigenvalue weighted by atomic mass is 10.1. The zero-order valence-corrected chi connectivity index (χ0v) is 19.5. The van der Waals surface area contributed by atoms with Crippen molar-refractivity contribution in [3.05, 3.63) is 68.3 Å². The number of aryl methyl sites for hydroxylation is 2. The van der Waals surface area contributed by atoms with Crippen LogP contribution in [-0.4, -0.2) is 21.2 Å². The summed E-state index contributed by atoms with van der Waals surface area (Å²) in [7, 11) is 0. The van der Waals surface area contributed by atoms with Gasteiger partial charge >= 0.3 is 0 Å². The molecule has 5 nitrogen and oxygen atoms in total. The first kappa shape index (κ1) is 22.1. The molecule has 1 N–H and O–H groups in total. The number of thiophene rings is 1. The molecule has 0 saturated heterocycles. The zero-order chi connectivity index (χ0) is 21.8. The minimum atomic E-state index is -0.110. The molecular formula is C23H24ClN3O2S2. The number of rotatable bonds is 7. The summed E-state index contributed by atoms with van der Waals surface area (Å²) in [4.78, 5) is 32.6. The highest BCUT2D eigenvalue weighted by Gasteiger charge is 2.21. The fourth-order valence-electron chi connectivity index (χ4n) is 3.78. The molecular weight excluding hydrogens is 450 g/mol. The van der Waals surface area contributed by atoms with Crippen LogP contribution >= 0.6 is 34.7 Å². The molecule has 2 heterocycles. The summed E-state index contributed by atoms with van der Waals surface area (Å²) in [5, 5.41) is 4.90. The Bertz CT molecular complexity index is 1170. The molecule has 0 spiro atoms. The van der Waals surface area contributed by atoms with Crippen LogP contribution in [0.4, 0.5) is 0 Å². The summed E-state index contributed by atoms with van der Waals surface area (Å²) in [5.74, 6) is 0.0785. The van der Waals surface area contributed by atoms with E-state index in [1.54, 1.807) is 34.1 Å². The van der Waals surface area contributed by atoms with Gasteiger partial charge in [0, 0.05) is 23.0 Å². The van der Waals surface area contributed by atoms with Crippen molar-refractivity contribution in [3.8, 4) is 0 Å². The minimum Gasteiger partial charge on any atom is -0.351 e. The van der Waals surface area contributed by atoms with Gasteiger partial charge in [-0.15, -0.1) is 17.9 Å². The van der Waals surface area contributed by atoms with Gasteiger partial charge < -0.3 is 5.32 Å². The normalized spacial score (nSPS) is 13.6. The second kappa shape index (κ2) is 10.0. The molecule has 3 aromatic rings. The van der Waals surface area contributed by atoms with E-state index >= 15 is 0 Å². The standard InChI is InChI=1S/C23H24ClN3O2S2/c1-2-12-27-22(29)20-17-6-4-3-5-7-18(17)31-21(20)26-23(27)30-14-19(28)25-13-15-8-10-16(24)11-9-15/h2,8-11H,1,3-7,12-14H2,(H,25,28). The highest BCUT2D eigenvalue weighted by atomic mass is 35.5. The number of aromatic nitrogens is 2. The first-order valence-corrected chi connectivity index (χ1v) is 12.5. The number of nitrogens with zero attached hydrogens (tertiary/aromatic N) is 2. The van der Waals surface area contributed by atoms with E-state index in [4.69, 9.17) is 16.6 Å². The van der Waals surface area contributed by atoms with Gasteiger partial charge in [0.05, 0.1) is 11.1 Å². The topological polar surface area (TPSA) is 64.0 Å². The maximum atomic E-state index is 13.3. The van der Waals surface area contributed by atoms with Gasteiger partial charge in [0.2, 0.25) is 5.91 Å². The van der Waals surface area contributed by atoms with E-state index in [9.17, 15) is 9.59 Å². The monoisotopic (exact) mass is 473 g/mol. The van der Waals surface area contributed by atoms with E-state index in [1.165, 1.54) is 28.6 Å². The maximum Gasteiger partial charge on any atom is 0.263 e. The molecule has 0 aliphatic heterocycles. The predicted molar refractivity (Wildman–Crippen MR) is 129 cm³/mol. The van der Waals surface area contributed by atoms with Crippen LogP contribution in [0, 0.1) is 0 Å². The molecule has 1 aliphatic rings. The van der Waals surface area contributed by atoms with Crippen molar-refractivity contribution >= 4 is 50.8 Å². The Morgan fingerprint density at radius 1 is 1.26 bits per heavy atom. The van der Waals surface area contributed by atoms with E-state index in [0.29, 0.717) is 23.3 Å². The molecule has 0 bridgehead atoms. The molecule has 4 rings (SSSR count). The number of hydrogen-bond acceptors (Lipinski definition) is 5. The SMILES string of the molecule is C=CCn1c(SCC(=O)NCc2ccc(Cl)cc2)nc2sc3c(c2c1=O)CCCCC3. The average molecular weight is 474 g/mol. The first-order valence-electron chi connectivity index (χ1n) is 10.4. The van der Waals surface area contributed by atoms with E-state index < -0.39 is 0 Å². The molecule has 2 aromatic heterocycles. The van der Waals surface area contributed by atoms with Crippen LogP contribution < -0.4 is 10.9 Å². The molecule has 8 heteroatoms. The third kappa shape index (κ3) is 5.05. The Morgan fingerprint density at radius 3 is 2.81 bits per heavy atom. The van der Waals surface area contributed by atoms with Gasteiger partial charge in [0.25, 0.3) is 5.56 Å². The van der Waals surface area contributed by atoms with Crippen molar-refractivity contribution in [3.63, 3.8) is 0 Å². The molecule has 162 valence electrons. The lowest BCUT2D eigenvalue weighted by molar-refractivity contribution is -0.118. The zero-order valence-electron chi connectivity index (χ0n) is 17.2. The summed E-state index contributed by atoms with van der Waals surface area (Å²) >= 11 is 8.82. The van der Waals surface area contributed by atoms with Crippen LogP contribution in [0.25, 0.3) is 10.2 Å². The van der Waals surface area contributed by atoms with Crippen molar-refractivity contribution in [2.75, 3.05) is 5.75 Å². The van der Waals surface area contributed by atoms with E-state index in [1.807, 2.05) is 12.1 Å². The van der Waals surface area contributed by atoms with E-state index in [-0.39, 0.29) is 17.2 Å². The molecule has 1 amide bonds. The molecule has 31 heavy (non-hydrogen) atoms. The summed E-state index contributed by atoms with van der Waals surface area (Å²) in [6.45, 7) is 4.60. The molecule has 0 unspecified atom stereocenters. The van der Waals surface area contributed by atoms with Crippen LogP contribution in [0.1, 0.15) is 35.3 Å². The fourth-order valence-corrected chi connectivity index (χ4v) is 6.05. The molecule has 0 atom stereocenters. The maximum absolute atomic E-state index is 13.3. The number of amides is 1. The van der Waals surface area contributed by atoms with Crippen LogP contribution in [-0.2, 0) is 30.7 Å². The Balaban J connectivity index is 1.53. The fraction of sp³-hybridized carbons (Fsp3) is 0.348. The van der Waals surface area contributed by atoms with Crippen LogP contribution in [0.15, 0.2) is 46.9 Å². The number of benzene rings is 1. The lowest BCUT2D eigenvalue weighted by Gasteiger charge is -2.11. The molecule has 0 radical (unpaired) electrons. The smallest absolute Gasteiger partial charge is 0.263 e. The third-order valence-corrected chi connectivity index (χ3v) is 7.75. The highest BCUT2D eigenvalue weighted by molar-refractivity contribution is 7.99. The Morgan fingerprint density at radius 2 is 2.03 bits per heavy atom. The number of hydrogen-bond donors (Lipinski definition) is 1. The van der Waals surface area contributed by atoms with Gasteiger partial charge in [-0.1, -0.05) is 48.0 Å². The van der Waals surface area contributed by atoms with Gasteiger partial charge in [-0.2, -0.15) is 0 Å². The molecule has 0 saturated carbocycles. The van der Waals surface area contributed by atoms with Crippen molar-refractivity contribution in [1.82, 2.24) is 14.9 Å². The number of halogens is 1. The second-order valence-corrected chi connectivity index (χ2v) is 10.00. The van der Waals surface area contributed by atoms with Crippen molar-refractivity contribution in [1.29, 1.82) is 0 Å². The number of carbonyl (C=O) groups excluding carboxylic acids is 1. The van der Waals surface area contributed by atoms with Gasteiger partial charge in [0.15, 0.2) is 5.16 Å². The van der Waals surface area contributed by atoms with Gasteiger partial charge in [0.1, 0.15) is 4.83 Å². The van der Waals surface area contributed by atoms with Crippen LogP contribution in [0.2, 0.25) is 5.02 Å². The second-order valence-electron chi connectivity index (χ2n) is 7.54. The van der Waals surface area contributed by atoms with Gasteiger partial charge in [-0.05, 0) is 48.9 Å². The van der Waals surface area contributed by atoms with Gasteiger partial charge in [-0.3, -0.25) is 14.2 Å². The minimum absolute atomic E-state index is 0.0200. The quantitative estimate of drug-likeness (QED) is 0.227. The third-order valence-electron chi connectivity index (χ3n) is 5.34.